The van der Waals surface area contributed by atoms with E-state index in [1.165, 1.54) is 11.1 Å². The molecule has 0 fully saturated rings. The summed E-state index contributed by atoms with van der Waals surface area (Å²) in [5.74, 6) is 0. The standard InChI is InChI=1S/C14H16ClN/c1-4-5-11-8-13(15)12-7-6-9(2)10(3)14(12)16-11/h6-8H,4-5H2,1-3H3. The highest BCUT2D eigenvalue weighted by Crippen LogP contribution is 2.27. The SMILES string of the molecule is CCCc1cc(Cl)c2ccc(C)c(C)c2n1. The van der Waals surface area contributed by atoms with Crippen molar-refractivity contribution >= 4 is 22.5 Å². The minimum absolute atomic E-state index is 0.816. The molecule has 0 bridgehead atoms. The van der Waals surface area contributed by atoms with Crippen molar-refractivity contribution in [3.8, 4) is 0 Å². The molecule has 84 valence electrons. The van der Waals surface area contributed by atoms with Gasteiger partial charge in [0.05, 0.1) is 10.5 Å². The van der Waals surface area contributed by atoms with Gasteiger partial charge in [-0.15, -0.1) is 0 Å². The largest absolute Gasteiger partial charge is 0.252 e. The lowest BCUT2D eigenvalue weighted by Gasteiger charge is -2.08. The maximum atomic E-state index is 6.28. The van der Waals surface area contributed by atoms with Gasteiger partial charge < -0.3 is 0 Å². The Labute approximate surface area is 101 Å². The lowest BCUT2D eigenvalue weighted by atomic mass is 10.0. The predicted octanol–water partition coefficient (Wildman–Crippen LogP) is 4.46. The molecule has 1 aromatic heterocycles. The van der Waals surface area contributed by atoms with Crippen LogP contribution >= 0.6 is 11.6 Å². The van der Waals surface area contributed by atoms with E-state index in [4.69, 9.17) is 16.6 Å². The van der Waals surface area contributed by atoms with Crippen LogP contribution in [0.25, 0.3) is 10.9 Å². The van der Waals surface area contributed by atoms with Gasteiger partial charge in [-0.2, -0.15) is 0 Å². The molecule has 1 aromatic carbocycles. The highest BCUT2D eigenvalue weighted by Gasteiger charge is 2.07. The molecule has 16 heavy (non-hydrogen) atoms. The average Bonchev–Trinajstić information content (AvgIpc) is 2.25. The van der Waals surface area contributed by atoms with Crippen molar-refractivity contribution < 1.29 is 0 Å². The first-order valence-electron chi connectivity index (χ1n) is 5.68. The summed E-state index contributed by atoms with van der Waals surface area (Å²) in [5.41, 5.74) is 4.65. The van der Waals surface area contributed by atoms with E-state index in [0.29, 0.717) is 0 Å². The van der Waals surface area contributed by atoms with Crippen LogP contribution in [-0.2, 0) is 6.42 Å². The van der Waals surface area contributed by atoms with Crippen molar-refractivity contribution in [3.05, 3.63) is 40.0 Å². The lowest BCUT2D eigenvalue weighted by molar-refractivity contribution is 0.889. The van der Waals surface area contributed by atoms with Crippen LogP contribution in [0.3, 0.4) is 0 Å². The number of pyridine rings is 1. The third-order valence-electron chi connectivity index (χ3n) is 3.01. The second kappa shape index (κ2) is 4.42. The van der Waals surface area contributed by atoms with Gasteiger partial charge in [0.1, 0.15) is 0 Å². The van der Waals surface area contributed by atoms with Gasteiger partial charge in [-0.05, 0) is 37.5 Å². The van der Waals surface area contributed by atoms with E-state index in [1.54, 1.807) is 0 Å². The van der Waals surface area contributed by atoms with E-state index in [-0.39, 0.29) is 0 Å². The second-order valence-corrected chi connectivity index (χ2v) is 4.66. The number of hydrogen-bond acceptors (Lipinski definition) is 1. The van der Waals surface area contributed by atoms with Gasteiger partial charge in [-0.1, -0.05) is 37.1 Å². The molecular weight excluding hydrogens is 218 g/mol. The summed E-state index contributed by atoms with van der Waals surface area (Å²) in [4.78, 5) is 4.70. The Morgan fingerprint density at radius 3 is 2.69 bits per heavy atom. The Bertz CT molecular complexity index is 532. The van der Waals surface area contributed by atoms with Gasteiger partial charge >= 0.3 is 0 Å². The number of aromatic nitrogens is 1. The van der Waals surface area contributed by atoms with Crippen molar-refractivity contribution in [2.75, 3.05) is 0 Å². The van der Waals surface area contributed by atoms with Gasteiger partial charge in [0.2, 0.25) is 0 Å². The zero-order valence-corrected chi connectivity index (χ0v) is 10.7. The summed E-state index contributed by atoms with van der Waals surface area (Å²) in [5, 5.41) is 1.88. The number of halogens is 1. The van der Waals surface area contributed by atoms with E-state index >= 15 is 0 Å². The highest BCUT2D eigenvalue weighted by atomic mass is 35.5. The Morgan fingerprint density at radius 2 is 2.00 bits per heavy atom. The van der Waals surface area contributed by atoms with Crippen LogP contribution in [0, 0.1) is 13.8 Å². The summed E-state index contributed by atoms with van der Waals surface area (Å²) in [6, 6.07) is 6.15. The van der Waals surface area contributed by atoms with Crippen molar-refractivity contribution in [1.29, 1.82) is 0 Å². The third-order valence-corrected chi connectivity index (χ3v) is 3.33. The topological polar surface area (TPSA) is 12.9 Å². The van der Waals surface area contributed by atoms with Crippen LogP contribution in [0.15, 0.2) is 18.2 Å². The minimum atomic E-state index is 0.816. The maximum Gasteiger partial charge on any atom is 0.0752 e. The fraction of sp³-hybridized carbons (Fsp3) is 0.357. The molecule has 0 radical (unpaired) electrons. The van der Waals surface area contributed by atoms with Crippen molar-refractivity contribution in [2.45, 2.75) is 33.6 Å². The molecule has 0 amide bonds. The van der Waals surface area contributed by atoms with E-state index in [1.807, 2.05) is 6.07 Å². The summed E-state index contributed by atoms with van der Waals surface area (Å²) in [6.07, 6.45) is 2.09. The van der Waals surface area contributed by atoms with Gasteiger partial charge in [0.25, 0.3) is 0 Å². The first-order valence-corrected chi connectivity index (χ1v) is 6.06. The zero-order chi connectivity index (χ0) is 11.7. The van der Waals surface area contributed by atoms with Crippen molar-refractivity contribution in [1.82, 2.24) is 4.98 Å². The van der Waals surface area contributed by atoms with E-state index in [2.05, 4.69) is 32.9 Å². The van der Waals surface area contributed by atoms with Gasteiger partial charge in [0.15, 0.2) is 0 Å². The Hall–Kier alpha value is -1.08. The second-order valence-electron chi connectivity index (χ2n) is 4.25. The van der Waals surface area contributed by atoms with Gasteiger partial charge in [-0.25, -0.2) is 0 Å². The molecule has 0 N–H and O–H groups in total. The molecular formula is C14H16ClN. The van der Waals surface area contributed by atoms with Crippen molar-refractivity contribution in [2.24, 2.45) is 0 Å². The van der Waals surface area contributed by atoms with Gasteiger partial charge in [0, 0.05) is 11.1 Å². The molecule has 0 saturated carbocycles. The monoisotopic (exact) mass is 233 g/mol. The number of fused-ring (bicyclic) bond motifs is 1. The molecule has 0 saturated heterocycles. The molecule has 0 spiro atoms. The quantitative estimate of drug-likeness (QED) is 0.747. The average molecular weight is 234 g/mol. The molecule has 0 aliphatic rings. The van der Waals surface area contributed by atoms with Crippen LogP contribution in [0.2, 0.25) is 5.02 Å². The van der Waals surface area contributed by atoms with Crippen LogP contribution in [0.4, 0.5) is 0 Å². The van der Waals surface area contributed by atoms with Crippen LogP contribution < -0.4 is 0 Å². The number of benzene rings is 1. The summed E-state index contributed by atoms with van der Waals surface area (Å²) >= 11 is 6.28. The van der Waals surface area contributed by atoms with Crippen LogP contribution in [-0.4, -0.2) is 4.98 Å². The number of hydrogen-bond donors (Lipinski definition) is 0. The number of nitrogens with zero attached hydrogens (tertiary/aromatic N) is 1. The molecule has 0 atom stereocenters. The normalized spacial score (nSPS) is 11.0. The number of aryl methyl sites for hydroxylation is 3. The van der Waals surface area contributed by atoms with Crippen molar-refractivity contribution in [3.63, 3.8) is 0 Å². The van der Waals surface area contributed by atoms with Crippen LogP contribution in [0.1, 0.15) is 30.2 Å². The predicted molar refractivity (Wildman–Crippen MR) is 70.2 cm³/mol. The molecule has 0 aliphatic heterocycles. The Morgan fingerprint density at radius 1 is 1.25 bits per heavy atom. The van der Waals surface area contributed by atoms with E-state index in [0.717, 1.165) is 34.5 Å². The maximum absolute atomic E-state index is 6.28. The van der Waals surface area contributed by atoms with E-state index in [9.17, 15) is 0 Å². The minimum Gasteiger partial charge on any atom is -0.252 e. The summed E-state index contributed by atoms with van der Waals surface area (Å²) < 4.78 is 0. The van der Waals surface area contributed by atoms with Gasteiger partial charge in [-0.3, -0.25) is 4.98 Å². The molecule has 2 heteroatoms. The smallest absolute Gasteiger partial charge is 0.0752 e. The molecule has 0 aliphatic carbocycles. The molecule has 2 rings (SSSR count). The lowest BCUT2D eigenvalue weighted by Crippen LogP contribution is -1.94. The molecule has 0 unspecified atom stereocenters. The Kier molecular flexibility index (Phi) is 3.15. The fourth-order valence-electron chi connectivity index (χ4n) is 1.92. The summed E-state index contributed by atoms with van der Waals surface area (Å²) in [6.45, 7) is 6.37. The number of rotatable bonds is 2. The molecule has 1 heterocycles. The Balaban J connectivity index is 2.73. The van der Waals surface area contributed by atoms with E-state index < -0.39 is 0 Å². The zero-order valence-electron chi connectivity index (χ0n) is 9.97. The highest BCUT2D eigenvalue weighted by molar-refractivity contribution is 6.35. The van der Waals surface area contributed by atoms with Crippen LogP contribution in [0.5, 0.6) is 0 Å². The first-order chi connectivity index (χ1) is 7.63. The third kappa shape index (κ3) is 1.92. The molecule has 2 aromatic rings. The summed E-state index contributed by atoms with van der Waals surface area (Å²) in [7, 11) is 0. The fourth-order valence-corrected chi connectivity index (χ4v) is 2.20. The first kappa shape index (κ1) is 11.4. The molecule has 1 nitrogen and oxygen atoms in total.